The van der Waals surface area contributed by atoms with E-state index in [0.717, 1.165) is 33.7 Å². The van der Waals surface area contributed by atoms with E-state index < -0.39 is 5.54 Å². The van der Waals surface area contributed by atoms with Crippen molar-refractivity contribution >= 4 is 23.0 Å². The Balaban J connectivity index is 1.75. The second-order valence-corrected chi connectivity index (χ2v) is 9.03. The van der Waals surface area contributed by atoms with Gasteiger partial charge in [-0.05, 0) is 41.0 Å². The zero-order valence-electron chi connectivity index (χ0n) is 19.1. The number of nitrogens with zero attached hydrogens (tertiary/aromatic N) is 2. The van der Waals surface area contributed by atoms with Crippen molar-refractivity contribution in [2.45, 2.75) is 5.54 Å². The van der Waals surface area contributed by atoms with Crippen molar-refractivity contribution < 1.29 is 0 Å². The topological polar surface area (TPSA) is 15.6 Å². The van der Waals surface area contributed by atoms with Crippen molar-refractivity contribution in [1.82, 2.24) is 0 Å². The smallest absolute Gasteiger partial charge is 0.139 e. The molecule has 35 heavy (non-hydrogen) atoms. The Kier molecular flexibility index (Phi) is 5.44. The molecule has 3 heteroatoms. The molecule has 0 atom stereocenters. The normalized spacial score (nSPS) is 14.2. The van der Waals surface area contributed by atoms with Crippen LogP contribution in [0.3, 0.4) is 0 Å². The number of hydrazone groups is 1. The maximum absolute atomic E-state index is 6.23. The van der Waals surface area contributed by atoms with Crippen molar-refractivity contribution in [2.75, 3.05) is 5.01 Å². The second-order valence-electron chi connectivity index (χ2n) is 8.59. The van der Waals surface area contributed by atoms with Gasteiger partial charge in [0.15, 0.2) is 0 Å². The van der Waals surface area contributed by atoms with Gasteiger partial charge in [0, 0.05) is 16.1 Å². The SMILES string of the molecule is Clc1ccc(C2=NN(c3ccccc3)C(c3ccccc3)(c3ccccc3)c3ccccc32)cc1. The number of anilines is 1. The van der Waals surface area contributed by atoms with E-state index in [2.05, 4.69) is 114 Å². The van der Waals surface area contributed by atoms with Gasteiger partial charge < -0.3 is 0 Å². The molecular formula is C32H23ClN2. The summed E-state index contributed by atoms with van der Waals surface area (Å²) in [5, 5.41) is 8.30. The lowest BCUT2D eigenvalue weighted by Crippen LogP contribution is -2.49. The van der Waals surface area contributed by atoms with Crippen LogP contribution < -0.4 is 5.01 Å². The van der Waals surface area contributed by atoms with Gasteiger partial charge in [-0.3, -0.25) is 0 Å². The van der Waals surface area contributed by atoms with Gasteiger partial charge in [0.1, 0.15) is 5.54 Å². The van der Waals surface area contributed by atoms with E-state index in [0.29, 0.717) is 5.02 Å². The first-order valence-corrected chi connectivity index (χ1v) is 12.1. The minimum atomic E-state index is -0.656. The summed E-state index contributed by atoms with van der Waals surface area (Å²) >= 11 is 6.23. The third-order valence-corrected chi connectivity index (χ3v) is 6.84. The molecule has 0 aromatic heterocycles. The molecular weight excluding hydrogens is 448 g/mol. The van der Waals surface area contributed by atoms with E-state index in [4.69, 9.17) is 16.7 Å². The molecule has 1 heterocycles. The van der Waals surface area contributed by atoms with Gasteiger partial charge in [-0.2, -0.15) is 5.10 Å². The molecule has 1 aliphatic heterocycles. The number of fused-ring (bicyclic) bond motifs is 1. The van der Waals surface area contributed by atoms with Crippen LogP contribution in [0.4, 0.5) is 5.69 Å². The van der Waals surface area contributed by atoms with Crippen molar-refractivity contribution in [3.05, 3.63) is 172 Å². The molecule has 0 saturated heterocycles. The summed E-state index contributed by atoms with van der Waals surface area (Å²) in [4.78, 5) is 0. The van der Waals surface area contributed by atoms with Crippen molar-refractivity contribution in [3.63, 3.8) is 0 Å². The summed E-state index contributed by atoms with van der Waals surface area (Å²) in [6.45, 7) is 0. The number of benzene rings is 5. The highest BCUT2D eigenvalue weighted by Crippen LogP contribution is 2.48. The van der Waals surface area contributed by atoms with E-state index in [-0.39, 0.29) is 0 Å². The second kappa shape index (κ2) is 8.90. The molecule has 0 amide bonds. The summed E-state index contributed by atoms with van der Waals surface area (Å²) in [7, 11) is 0. The monoisotopic (exact) mass is 470 g/mol. The number of rotatable bonds is 4. The number of para-hydroxylation sites is 1. The number of hydrogen-bond donors (Lipinski definition) is 0. The predicted molar refractivity (Wildman–Crippen MR) is 145 cm³/mol. The minimum Gasteiger partial charge on any atom is -0.245 e. The van der Waals surface area contributed by atoms with Crippen molar-refractivity contribution in [3.8, 4) is 0 Å². The summed E-state index contributed by atoms with van der Waals surface area (Å²) in [5.74, 6) is 0. The minimum absolute atomic E-state index is 0.656. The van der Waals surface area contributed by atoms with Crippen LogP contribution >= 0.6 is 11.6 Å². The highest BCUT2D eigenvalue weighted by Gasteiger charge is 2.47. The molecule has 5 aromatic rings. The van der Waals surface area contributed by atoms with E-state index in [1.54, 1.807) is 0 Å². The van der Waals surface area contributed by atoms with Gasteiger partial charge in [-0.1, -0.05) is 127 Å². The van der Waals surface area contributed by atoms with Gasteiger partial charge in [-0.15, -0.1) is 0 Å². The predicted octanol–water partition coefficient (Wildman–Crippen LogP) is 7.90. The highest BCUT2D eigenvalue weighted by atomic mass is 35.5. The molecule has 5 aromatic carbocycles. The highest BCUT2D eigenvalue weighted by molar-refractivity contribution is 6.30. The van der Waals surface area contributed by atoms with Crippen LogP contribution in [0.5, 0.6) is 0 Å². The molecule has 1 aliphatic rings. The maximum atomic E-state index is 6.23. The summed E-state index contributed by atoms with van der Waals surface area (Å²) in [5.41, 5.74) is 6.90. The lowest BCUT2D eigenvalue weighted by atomic mass is 9.72. The zero-order chi connectivity index (χ0) is 23.7. The molecule has 6 rings (SSSR count). The third-order valence-electron chi connectivity index (χ3n) is 6.59. The summed E-state index contributed by atoms with van der Waals surface area (Å²) in [6.07, 6.45) is 0. The first kappa shape index (κ1) is 21.4. The molecule has 0 fully saturated rings. The number of hydrogen-bond acceptors (Lipinski definition) is 2. The fourth-order valence-electron chi connectivity index (χ4n) is 5.07. The molecule has 0 radical (unpaired) electrons. The van der Waals surface area contributed by atoms with Crippen molar-refractivity contribution in [1.29, 1.82) is 0 Å². The summed E-state index contributed by atoms with van der Waals surface area (Å²) in [6, 6.07) is 48.3. The Hall–Kier alpha value is -4.14. The van der Waals surface area contributed by atoms with Crippen LogP contribution in [0.2, 0.25) is 5.02 Å². The van der Waals surface area contributed by atoms with Crippen LogP contribution in [0.25, 0.3) is 0 Å². The van der Waals surface area contributed by atoms with Crippen molar-refractivity contribution in [2.24, 2.45) is 5.10 Å². The molecule has 0 saturated carbocycles. The molecule has 168 valence electrons. The quantitative estimate of drug-likeness (QED) is 0.260. The zero-order valence-corrected chi connectivity index (χ0v) is 19.8. The molecule has 0 N–H and O–H groups in total. The maximum Gasteiger partial charge on any atom is 0.139 e. The van der Waals surface area contributed by atoms with Crippen LogP contribution in [-0.2, 0) is 5.54 Å². The van der Waals surface area contributed by atoms with E-state index in [1.807, 2.05) is 30.3 Å². The third kappa shape index (κ3) is 3.54. The average molecular weight is 471 g/mol. The van der Waals surface area contributed by atoms with Gasteiger partial charge in [0.25, 0.3) is 0 Å². The largest absolute Gasteiger partial charge is 0.245 e. The lowest BCUT2D eigenvalue weighted by Gasteiger charge is -2.47. The Morgan fingerprint density at radius 1 is 0.543 bits per heavy atom. The van der Waals surface area contributed by atoms with Gasteiger partial charge in [0.2, 0.25) is 0 Å². The molecule has 0 unspecified atom stereocenters. The van der Waals surface area contributed by atoms with Gasteiger partial charge in [0.05, 0.1) is 11.4 Å². The molecule has 0 bridgehead atoms. The lowest BCUT2D eigenvalue weighted by molar-refractivity contribution is 0.564. The average Bonchev–Trinajstić information content (AvgIpc) is 2.94. The standard InChI is InChI=1S/C32H23ClN2/c33-27-22-20-24(21-23-27)31-29-18-10-11-19-30(29)32(25-12-4-1-5-13-25,26-14-6-2-7-15-26)35(34-31)28-16-8-3-9-17-28/h1-23H. The van der Waals surface area contributed by atoms with Crippen LogP contribution in [0, 0.1) is 0 Å². The molecule has 0 aliphatic carbocycles. The van der Waals surface area contributed by atoms with E-state index in [1.165, 1.54) is 5.56 Å². The molecule has 0 spiro atoms. The van der Waals surface area contributed by atoms with Crippen LogP contribution in [0.15, 0.2) is 145 Å². The van der Waals surface area contributed by atoms with Gasteiger partial charge in [-0.25, -0.2) is 5.01 Å². The molecule has 2 nitrogen and oxygen atoms in total. The van der Waals surface area contributed by atoms with Crippen LogP contribution in [-0.4, -0.2) is 5.71 Å². The Morgan fingerprint density at radius 3 is 1.66 bits per heavy atom. The van der Waals surface area contributed by atoms with E-state index in [9.17, 15) is 0 Å². The first-order chi connectivity index (χ1) is 17.3. The Bertz CT molecular complexity index is 1440. The Morgan fingerprint density at radius 2 is 1.06 bits per heavy atom. The first-order valence-electron chi connectivity index (χ1n) is 11.7. The van der Waals surface area contributed by atoms with Gasteiger partial charge >= 0.3 is 0 Å². The fourth-order valence-corrected chi connectivity index (χ4v) is 5.20. The Labute approximate surface area is 210 Å². The summed E-state index contributed by atoms with van der Waals surface area (Å²) < 4.78 is 0. The number of halogens is 1. The van der Waals surface area contributed by atoms with Crippen LogP contribution in [0.1, 0.15) is 27.8 Å². The fraction of sp³-hybridized carbons (Fsp3) is 0.0312. The van der Waals surface area contributed by atoms with E-state index >= 15 is 0 Å².